The maximum atomic E-state index is 12.6. The van der Waals surface area contributed by atoms with Gasteiger partial charge in [-0.15, -0.1) is 21.5 Å². The summed E-state index contributed by atoms with van der Waals surface area (Å²) < 4.78 is 10.8. The molecule has 1 N–H and O–H groups in total. The van der Waals surface area contributed by atoms with Gasteiger partial charge in [0.2, 0.25) is 11.8 Å². The number of aromatic nitrogens is 2. The van der Waals surface area contributed by atoms with Gasteiger partial charge in [0, 0.05) is 10.4 Å². The number of thioether (sulfide) groups is 1. The fraction of sp³-hybridized carbons (Fsp3) is 0.130. The first-order valence-corrected chi connectivity index (χ1v) is 11.6. The molecule has 0 fully saturated rings. The van der Waals surface area contributed by atoms with Crippen LogP contribution < -0.4 is 5.32 Å². The predicted octanol–water partition coefficient (Wildman–Crippen LogP) is 5.37. The average molecular weight is 466 g/mol. The van der Waals surface area contributed by atoms with Gasteiger partial charge in [0.05, 0.1) is 18.0 Å². The van der Waals surface area contributed by atoms with Gasteiger partial charge in [0.25, 0.3) is 5.22 Å². The third-order valence-corrected chi connectivity index (χ3v) is 6.26. The van der Waals surface area contributed by atoms with Gasteiger partial charge in [-0.25, -0.2) is 4.79 Å². The van der Waals surface area contributed by atoms with Crippen molar-refractivity contribution in [3.63, 3.8) is 0 Å². The van der Waals surface area contributed by atoms with Crippen molar-refractivity contribution in [3.8, 4) is 21.9 Å². The zero-order chi connectivity index (χ0) is 22.3. The molecule has 7 nitrogen and oxygen atoms in total. The Labute approximate surface area is 192 Å². The number of carbonyl (C=O) groups excluding carboxylic acids is 2. The van der Waals surface area contributed by atoms with Crippen LogP contribution in [-0.2, 0) is 9.53 Å². The van der Waals surface area contributed by atoms with E-state index in [9.17, 15) is 9.59 Å². The summed E-state index contributed by atoms with van der Waals surface area (Å²) in [5.74, 6) is -0.317. The lowest BCUT2D eigenvalue weighted by Crippen LogP contribution is -2.16. The number of amides is 1. The number of carbonyl (C=O) groups is 2. The van der Waals surface area contributed by atoms with Gasteiger partial charge in [0.15, 0.2) is 0 Å². The lowest BCUT2D eigenvalue weighted by molar-refractivity contribution is -0.113. The van der Waals surface area contributed by atoms with Crippen molar-refractivity contribution in [3.05, 3.63) is 71.6 Å². The molecule has 0 aliphatic rings. The van der Waals surface area contributed by atoms with Gasteiger partial charge in [-0.05, 0) is 30.7 Å². The first kappa shape index (κ1) is 21.8. The first-order chi connectivity index (χ1) is 15.6. The molecule has 0 atom stereocenters. The topological polar surface area (TPSA) is 94.3 Å². The molecule has 4 aromatic rings. The minimum atomic E-state index is -0.466. The van der Waals surface area contributed by atoms with Crippen LogP contribution in [0.4, 0.5) is 5.69 Å². The van der Waals surface area contributed by atoms with E-state index >= 15 is 0 Å². The predicted molar refractivity (Wildman–Crippen MR) is 125 cm³/mol. The van der Waals surface area contributed by atoms with Crippen molar-refractivity contribution >= 4 is 40.7 Å². The van der Waals surface area contributed by atoms with E-state index in [1.807, 2.05) is 60.7 Å². The van der Waals surface area contributed by atoms with Crippen LogP contribution in [0.3, 0.4) is 0 Å². The van der Waals surface area contributed by atoms with Crippen LogP contribution in [0.15, 0.2) is 76.4 Å². The Morgan fingerprint density at radius 2 is 1.72 bits per heavy atom. The molecule has 32 heavy (non-hydrogen) atoms. The van der Waals surface area contributed by atoms with Gasteiger partial charge < -0.3 is 14.5 Å². The SMILES string of the molecule is CCOC(=O)c1sc(-c2ccccc2)cc1NC(=O)CSc1nnc(-c2ccccc2)o1. The minimum Gasteiger partial charge on any atom is -0.462 e. The van der Waals surface area contributed by atoms with Crippen molar-refractivity contribution in [2.45, 2.75) is 12.1 Å². The summed E-state index contributed by atoms with van der Waals surface area (Å²) in [6.07, 6.45) is 0. The van der Waals surface area contributed by atoms with Crippen LogP contribution in [0.25, 0.3) is 21.9 Å². The highest BCUT2D eigenvalue weighted by molar-refractivity contribution is 7.99. The molecular weight excluding hydrogens is 446 g/mol. The number of hydrogen-bond donors (Lipinski definition) is 1. The summed E-state index contributed by atoms with van der Waals surface area (Å²) in [5, 5.41) is 11.1. The van der Waals surface area contributed by atoms with Crippen molar-refractivity contribution in [1.82, 2.24) is 10.2 Å². The van der Waals surface area contributed by atoms with E-state index < -0.39 is 5.97 Å². The maximum absolute atomic E-state index is 12.6. The quantitative estimate of drug-likeness (QED) is 0.276. The Hall–Kier alpha value is -3.43. The minimum absolute atomic E-state index is 0.0508. The second-order valence-electron chi connectivity index (χ2n) is 6.52. The van der Waals surface area contributed by atoms with Gasteiger partial charge in [-0.3, -0.25) is 4.79 Å². The summed E-state index contributed by atoms with van der Waals surface area (Å²) in [6, 6.07) is 20.8. The lowest BCUT2D eigenvalue weighted by Gasteiger charge is -2.05. The molecule has 0 saturated carbocycles. The molecule has 0 spiro atoms. The number of anilines is 1. The van der Waals surface area contributed by atoms with E-state index in [1.165, 1.54) is 11.3 Å². The molecule has 0 bridgehead atoms. The highest BCUT2D eigenvalue weighted by Crippen LogP contribution is 2.35. The van der Waals surface area contributed by atoms with E-state index in [0.717, 1.165) is 27.8 Å². The van der Waals surface area contributed by atoms with E-state index in [2.05, 4.69) is 15.5 Å². The summed E-state index contributed by atoms with van der Waals surface area (Å²) in [4.78, 5) is 26.2. The third-order valence-electron chi connectivity index (χ3n) is 4.28. The van der Waals surface area contributed by atoms with Crippen molar-refractivity contribution in [2.24, 2.45) is 0 Å². The molecule has 9 heteroatoms. The molecule has 0 unspecified atom stereocenters. The molecule has 162 valence electrons. The Kier molecular flexibility index (Phi) is 6.98. The highest BCUT2D eigenvalue weighted by atomic mass is 32.2. The Balaban J connectivity index is 1.45. The third kappa shape index (κ3) is 5.24. The van der Waals surface area contributed by atoms with Crippen molar-refractivity contribution in [1.29, 1.82) is 0 Å². The second-order valence-corrected chi connectivity index (χ2v) is 8.49. The van der Waals surface area contributed by atoms with Gasteiger partial charge in [-0.1, -0.05) is 60.3 Å². The Morgan fingerprint density at radius 1 is 1.03 bits per heavy atom. The summed E-state index contributed by atoms with van der Waals surface area (Å²) in [7, 11) is 0. The number of thiophene rings is 1. The molecule has 0 radical (unpaired) electrons. The molecule has 0 aliphatic carbocycles. The summed E-state index contributed by atoms with van der Waals surface area (Å²) in [6.45, 7) is 1.99. The van der Waals surface area contributed by atoms with Gasteiger partial charge >= 0.3 is 5.97 Å². The van der Waals surface area contributed by atoms with E-state index in [1.54, 1.807) is 13.0 Å². The van der Waals surface area contributed by atoms with Crippen LogP contribution >= 0.6 is 23.1 Å². The van der Waals surface area contributed by atoms with Crippen LogP contribution in [0.5, 0.6) is 0 Å². The number of rotatable bonds is 8. The Morgan fingerprint density at radius 3 is 2.41 bits per heavy atom. The second kappa shape index (κ2) is 10.3. The highest BCUT2D eigenvalue weighted by Gasteiger charge is 2.20. The number of ether oxygens (including phenoxy) is 1. The van der Waals surface area contributed by atoms with Crippen LogP contribution in [0.1, 0.15) is 16.6 Å². The van der Waals surface area contributed by atoms with Crippen LogP contribution in [-0.4, -0.2) is 34.4 Å². The maximum Gasteiger partial charge on any atom is 0.350 e. The van der Waals surface area contributed by atoms with Crippen molar-refractivity contribution in [2.75, 3.05) is 17.7 Å². The number of hydrogen-bond acceptors (Lipinski definition) is 8. The zero-order valence-electron chi connectivity index (χ0n) is 17.1. The Bertz CT molecular complexity index is 1210. The van der Waals surface area contributed by atoms with Gasteiger partial charge in [-0.2, -0.15) is 0 Å². The van der Waals surface area contributed by atoms with Gasteiger partial charge in [0.1, 0.15) is 4.88 Å². The smallest absolute Gasteiger partial charge is 0.350 e. The molecule has 1 amide bonds. The monoisotopic (exact) mass is 465 g/mol. The molecular formula is C23H19N3O4S2. The normalized spacial score (nSPS) is 10.7. The fourth-order valence-corrected chi connectivity index (χ4v) is 4.43. The standard InChI is InChI=1S/C23H19N3O4S2/c1-2-29-22(28)20-17(13-18(32-20)15-9-5-3-6-10-15)24-19(27)14-31-23-26-25-21(30-23)16-11-7-4-8-12-16/h3-13H,2,14H2,1H3,(H,24,27). The molecule has 4 rings (SSSR count). The van der Waals surface area contributed by atoms with Crippen LogP contribution in [0.2, 0.25) is 0 Å². The lowest BCUT2D eigenvalue weighted by atomic mass is 10.2. The summed E-state index contributed by atoms with van der Waals surface area (Å²) >= 11 is 2.41. The number of nitrogens with zero attached hydrogens (tertiary/aromatic N) is 2. The number of esters is 1. The molecule has 2 heterocycles. The van der Waals surface area contributed by atoms with E-state index in [4.69, 9.17) is 9.15 Å². The molecule has 2 aromatic carbocycles. The molecule has 0 saturated heterocycles. The van der Waals surface area contributed by atoms with E-state index in [0.29, 0.717) is 21.7 Å². The number of benzene rings is 2. The average Bonchev–Trinajstić information content (AvgIpc) is 3.47. The van der Waals surface area contributed by atoms with E-state index in [-0.39, 0.29) is 18.3 Å². The molecule has 0 aliphatic heterocycles. The largest absolute Gasteiger partial charge is 0.462 e. The number of nitrogens with one attached hydrogen (secondary N) is 1. The van der Waals surface area contributed by atoms with Crippen LogP contribution in [0, 0.1) is 0 Å². The van der Waals surface area contributed by atoms with Crippen molar-refractivity contribution < 1.29 is 18.7 Å². The first-order valence-electron chi connectivity index (χ1n) is 9.82. The fourth-order valence-electron chi connectivity index (χ4n) is 2.86. The zero-order valence-corrected chi connectivity index (χ0v) is 18.7. The summed E-state index contributed by atoms with van der Waals surface area (Å²) in [5.41, 5.74) is 2.19. The molecule has 2 aromatic heterocycles.